The van der Waals surface area contributed by atoms with E-state index in [1.54, 1.807) is 25.1 Å². The molecule has 0 fully saturated rings. The summed E-state index contributed by atoms with van der Waals surface area (Å²) in [5, 5.41) is 12.6. The number of aromatic hydroxyl groups is 1. The molecule has 2 rings (SSSR count). The minimum absolute atomic E-state index is 0.0233. The van der Waals surface area contributed by atoms with Gasteiger partial charge in [0, 0.05) is 5.69 Å². The number of carbonyl (C=O) groups excluding carboxylic acids is 1. The highest BCUT2D eigenvalue weighted by Gasteiger charge is 2.10. The second kappa shape index (κ2) is 7.43. The maximum atomic E-state index is 12.0. The normalized spacial score (nSPS) is 11.0. The number of phenolic OH excluding ortho intramolecular Hbond substituents is 1. The molecule has 0 saturated heterocycles. The van der Waals surface area contributed by atoms with Gasteiger partial charge in [0.15, 0.2) is 6.61 Å². The van der Waals surface area contributed by atoms with Crippen LogP contribution in [0.4, 0.5) is 11.4 Å². The van der Waals surface area contributed by atoms with Crippen molar-refractivity contribution in [1.29, 1.82) is 0 Å². The van der Waals surface area contributed by atoms with Crippen molar-refractivity contribution in [3.05, 3.63) is 47.5 Å². The molecule has 25 heavy (non-hydrogen) atoms. The minimum atomic E-state index is -3.34. The first-order valence-electron chi connectivity index (χ1n) is 7.45. The van der Waals surface area contributed by atoms with Crippen molar-refractivity contribution < 1.29 is 23.1 Å². The molecule has 1 amide bonds. The average molecular weight is 364 g/mol. The summed E-state index contributed by atoms with van der Waals surface area (Å²) in [5.74, 6) is 0.0210. The van der Waals surface area contributed by atoms with Crippen molar-refractivity contribution in [3.63, 3.8) is 0 Å². The van der Waals surface area contributed by atoms with Crippen LogP contribution in [0.3, 0.4) is 0 Å². The van der Waals surface area contributed by atoms with Gasteiger partial charge in [-0.2, -0.15) is 0 Å². The van der Waals surface area contributed by atoms with Crippen LogP contribution in [0.5, 0.6) is 11.5 Å². The highest BCUT2D eigenvalue weighted by atomic mass is 32.2. The molecule has 3 N–H and O–H groups in total. The van der Waals surface area contributed by atoms with Gasteiger partial charge >= 0.3 is 0 Å². The van der Waals surface area contributed by atoms with Gasteiger partial charge in [-0.15, -0.1) is 0 Å². The minimum Gasteiger partial charge on any atom is -0.505 e. The van der Waals surface area contributed by atoms with E-state index in [1.165, 1.54) is 12.1 Å². The van der Waals surface area contributed by atoms with Gasteiger partial charge < -0.3 is 15.2 Å². The summed E-state index contributed by atoms with van der Waals surface area (Å²) in [6.07, 6.45) is 1.06. The summed E-state index contributed by atoms with van der Waals surface area (Å²) in [7, 11) is -3.34. The summed E-state index contributed by atoms with van der Waals surface area (Å²) in [4.78, 5) is 12.0. The van der Waals surface area contributed by atoms with Gasteiger partial charge in [-0.25, -0.2) is 8.42 Å². The van der Waals surface area contributed by atoms with E-state index in [1.807, 2.05) is 13.0 Å². The fourth-order valence-corrected chi connectivity index (χ4v) is 2.79. The topological polar surface area (TPSA) is 105 Å². The van der Waals surface area contributed by atoms with Crippen LogP contribution in [0, 0.1) is 13.8 Å². The first kappa shape index (κ1) is 18.6. The number of anilines is 2. The molecule has 0 heterocycles. The largest absolute Gasteiger partial charge is 0.505 e. The van der Waals surface area contributed by atoms with Gasteiger partial charge in [0.25, 0.3) is 5.91 Å². The Morgan fingerprint density at radius 2 is 1.80 bits per heavy atom. The van der Waals surface area contributed by atoms with Crippen LogP contribution in [0.2, 0.25) is 0 Å². The maximum absolute atomic E-state index is 12.0. The lowest BCUT2D eigenvalue weighted by Gasteiger charge is -2.11. The van der Waals surface area contributed by atoms with Crippen molar-refractivity contribution in [2.75, 3.05) is 22.9 Å². The predicted octanol–water partition coefficient (Wildman–Crippen LogP) is 2.40. The Hall–Kier alpha value is -2.74. The number of sulfonamides is 1. The van der Waals surface area contributed by atoms with Crippen LogP contribution in [-0.2, 0) is 14.8 Å². The molecule has 7 nitrogen and oxygen atoms in total. The molecule has 0 spiro atoms. The number of carbonyl (C=O) groups is 1. The molecule has 0 saturated carbocycles. The van der Waals surface area contributed by atoms with E-state index < -0.39 is 15.9 Å². The molecular formula is C17H20N2O5S. The average Bonchev–Trinajstić information content (AvgIpc) is 2.50. The Balaban J connectivity index is 1.94. The lowest BCUT2D eigenvalue weighted by atomic mass is 10.1. The van der Waals surface area contributed by atoms with Crippen molar-refractivity contribution >= 4 is 27.3 Å². The van der Waals surface area contributed by atoms with Crippen molar-refractivity contribution in [2.24, 2.45) is 0 Å². The van der Waals surface area contributed by atoms with Crippen molar-refractivity contribution in [1.82, 2.24) is 0 Å². The second-order valence-electron chi connectivity index (χ2n) is 5.71. The number of amides is 1. The van der Waals surface area contributed by atoms with E-state index in [0.29, 0.717) is 22.7 Å². The molecule has 0 aliphatic heterocycles. The number of hydrogen-bond donors (Lipinski definition) is 3. The van der Waals surface area contributed by atoms with Gasteiger partial charge in [0.1, 0.15) is 11.5 Å². The Bertz CT molecular complexity index is 877. The third-order valence-corrected chi connectivity index (χ3v) is 3.85. The van der Waals surface area contributed by atoms with E-state index in [4.69, 9.17) is 4.74 Å². The number of rotatable bonds is 6. The van der Waals surface area contributed by atoms with E-state index in [9.17, 15) is 18.3 Å². The smallest absolute Gasteiger partial charge is 0.262 e. The molecule has 0 aromatic heterocycles. The summed E-state index contributed by atoms with van der Waals surface area (Å²) < 4.78 is 30.0. The van der Waals surface area contributed by atoms with Crippen LogP contribution < -0.4 is 14.8 Å². The van der Waals surface area contributed by atoms with Crippen molar-refractivity contribution in [2.45, 2.75) is 13.8 Å². The lowest BCUT2D eigenvalue weighted by molar-refractivity contribution is -0.118. The molecule has 0 bridgehead atoms. The van der Waals surface area contributed by atoms with Gasteiger partial charge in [-0.1, -0.05) is 6.07 Å². The van der Waals surface area contributed by atoms with Crippen LogP contribution in [-0.4, -0.2) is 32.3 Å². The summed E-state index contributed by atoms with van der Waals surface area (Å²) >= 11 is 0. The molecule has 2 aromatic rings. The van der Waals surface area contributed by atoms with E-state index in [2.05, 4.69) is 10.0 Å². The fraction of sp³-hybridized carbons (Fsp3) is 0.235. The first-order chi connectivity index (χ1) is 11.6. The summed E-state index contributed by atoms with van der Waals surface area (Å²) in [6.45, 7) is 3.37. The maximum Gasteiger partial charge on any atom is 0.262 e. The third kappa shape index (κ3) is 5.68. The lowest BCUT2D eigenvalue weighted by Crippen LogP contribution is -2.20. The fourth-order valence-electron chi connectivity index (χ4n) is 2.22. The van der Waals surface area contributed by atoms with Gasteiger partial charge in [0.2, 0.25) is 10.0 Å². The molecule has 0 radical (unpaired) electrons. The number of aryl methyl sites for hydroxylation is 2. The summed E-state index contributed by atoms with van der Waals surface area (Å²) in [5.41, 5.74) is 2.32. The van der Waals surface area contributed by atoms with Crippen LogP contribution in [0.25, 0.3) is 0 Å². The zero-order chi connectivity index (χ0) is 18.6. The predicted molar refractivity (Wildman–Crippen MR) is 96.6 cm³/mol. The van der Waals surface area contributed by atoms with Gasteiger partial charge in [-0.05, 0) is 55.3 Å². The number of ether oxygens (including phenoxy) is 1. The Morgan fingerprint density at radius 1 is 1.16 bits per heavy atom. The molecular weight excluding hydrogens is 344 g/mol. The van der Waals surface area contributed by atoms with Crippen LogP contribution >= 0.6 is 0 Å². The highest BCUT2D eigenvalue weighted by molar-refractivity contribution is 7.92. The van der Waals surface area contributed by atoms with Gasteiger partial charge in [-0.3, -0.25) is 9.52 Å². The van der Waals surface area contributed by atoms with Crippen LogP contribution in [0.1, 0.15) is 11.1 Å². The van der Waals surface area contributed by atoms with Crippen LogP contribution in [0.15, 0.2) is 36.4 Å². The molecule has 8 heteroatoms. The monoisotopic (exact) mass is 364 g/mol. The SMILES string of the molecule is Cc1cc(C)c(O)c(NC(=O)COc2ccc(NS(C)(=O)=O)cc2)c1. The van der Waals surface area contributed by atoms with E-state index in [-0.39, 0.29) is 12.4 Å². The number of hydrogen-bond acceptors (Lipinski definition) is 5. The molecule has 2 aromatic carbocycles. The Labute approximate surface area is 146 Å². The highest BCUT2D eigenvalue weighted by Crippen LogP contribution is 2.28. The molecule has 0 atom stereocenters. The number of phenols is 1. The zero-order valence-electron chi connectivity index (χ0n) is 14.2. The third-order valence-electron chi connectivity index (χ3n) is 3.25. The molecule has 134 valence electrons. The first-order valence-corrected chi connectivity index (χ1v) is 9.34. The molecule has 0 aliphatic carbocycles. The number of nitrogens with one attached hydrogen (secondary N) is 2. The molecule has 0 aliphatic rings. The zero-order valence-corrected chi connectivity index (χ0v) is 15.0. The van der Waals surface area contributed by atoms with E-state index >= 15 is 0 Å². The van der Waals surface area contributed by atoms with Gasteiger partial charge in [0.05, 0.1) is 11.9 Å². The standard InChI is InChI=1S/C17H20N2O5S/c1-11-8-12(2)17(21)15(9-11)18-16(20)10-24-14-6-4-13(5-7-14)19-25(3,22)23/h4-9,19,21H,10H2,1-3H3,(H,18,20). The molecule has 0 unspecified atom stereocenters. The van der Waals surface area contributed by atoms with Crippen molar-refractivity contribution in [3.8, 4) is 11.5 Å². The summed E-state index contributed by atoms with van der Waals surface area (Å²) in [6, 6.07) is 9.65. The Kier molecular flexibility index (Phi) is 5.53. The second-order valence-corrected chi connectivity index (χ2v) is 7.46. The van der Waals surface area contributed by atoms with E-state index in [0.717, 1.165) is 11.8 Å². The quantitative estimate of drug-likeness (QED) is 0.683. The number of benzene rings is 2. The Morgan fingerprint density at radius 3 is 2.40 bits per heavy atom.